The summed E-state index contributed by atoms with van der Waals surface area (Å²) in [5.74, 6) is -3.98. The molecule has 0 saturated carbocycles. The number of esters is 1. The molecule has 1 unspecified atom stereocenters. The van der Waals surface area contributed by atoms with Crippen LogP contribution in [0.15, 0.2) is 83.9 Å². The third kappa shape index (κ3) is 5.96. The summed E-state index contributed by atoms with van der Waals surface area (Å²) in [7, 11) is -1.22. The molecule has 1 amide bonds. The van der Waals surface area contributed by atoms with Gasteiger partial charge in [0, 0.05) is 43.9 Å². The molecule has 3 aromatic rings. The van der Waals surface area contributed by atoms with Gasteiger partial charge in [0.25, 0.3) is 11.7 Å². The van der Waals surface area contributed by atoms with Gasteiger partial charge in [0.1, 0.15) is 12.5 Å². The molecule has 2 heterocycles. The summed E-state index contributed by atoms with van der Waals surface area (Å²) in [6, 6.07) is 15.8. The van der Waals surface area contributed by atoms with Crippen LogP contribution in [0.25, 0.3) is 0 Å². The molecule has 2 aromatic carbocycles. The topological polar surface area (TPSA) is 120 Å². The van der Waals surface area contributed by atoms with Gasteiger partial charge in [-0.05, 0) is 24.6 Å². The van der Waals surface area contributed by atoms with Crippen LogP contribution < -0.4 is 4.73 Å². The zero-order valence-electron chi connectivity index (χ0n) is 21.6. The maximum atomic E-state index is 13.8. The fourth-order valence-corrected chi connectivity index (χ4v) is 5.98. The van der Waals surface area contributed by atoms with Gasteiger partial charge in [-0.3, -0.25) is 14.3 Å². The van der Waals surface area contributed by atoms with Crippen LogP contribution in [0.5, 0.6) is 0 Å². The zero-order valence-corrected chi connectivity index (χ0v) is 22.5. The van der Waals surface area contributed by atoms with Crippen molar-refractivity contribution in [2.45, 2.75) is 36.2 Å². The van der Waals surface area contributed by atoms with E-state index in [1.54, 1.807) is 6.07 Å². The lowest BCUT2D eigenvalue weighted by atomic mass is 9.99. The van der Waals surface area contributed by atoms with E-state index in [0.717, 1.165) is 10.5 Å². The van der Waals surface area contributed by atoms with E-state index in [0.29, 0.717) is 4.73 Å². The second kappa shape index (κ2) is 11.7. The van der Waals surface area contributed by atoms with Crippen LogP contribution in [0.3, 0.4) is 0 Å². The molecule has 40 heavy (non-hydrogen) atoms. The number of sulfonamides is 1. The van der Waals surface area contributed by atoms with Gasteiger partial charge in [-0.2, -0.15) is 17.8 Å². The van der Waals surface area contributed by atoms with Crippen molar-refractivity contribution in [3.05, 3.63) is 101 Å². The standard InChI is InChI=1S/C27H27F2N3O7S/c1-30(2)24(33)19-9-8-13-22(17-19)40(36,37)32-16-14-23(32)25(34)38-27(39-26(28)29,20-10-4-3-5-11-20)18-21-12-6-7-15-31(21)35/h3-13,15,17,23,26H,14,16,18H2,1-2H3/t23-,27?/m0/s1. The van der Waals surface area contributed by atoms with Crippen LogP contribution in [0.4, 0.5) is 8.78 Å². The van der Waals surface area contributed by atoms with E-state index in [-0.39, 0.29) is 34.7 Å². The lowest BCUT2D eigenvalue weighted by Gasteiger charge is -2.40. The van der Waals surface area contributed by atoms with E-state index in [1.807, 2.05) is 0 Å². The van der Waals surface area contributed by atoms with Crippen molar-refractivity contribution < 1.29 is 41.0 Å². The number of alkyl halides is 2. The van der Waals surface area contributed by atoms with Crippen LogP contribution in [0.2, 0.25) is 0 Å². The maximum Gasteiger partial charge on any atom is 0.348 e. The number of aromatic nitrogens is 1. The second-order valence-electron chi connectivity index (χ2n) is 9.26. The Morgan fingerprint density at radius 2 is 1.80 bits per heavy atom. The summed E-state index contributed by atoms with van der Waals surface area (Å²) in [5.41, 5.74) is 0.129. The monoisotopic (exact) mass is 575 g/mol. The summed E-state index contributed by atoms with van der Waals surface area (Å²) in [5, 5.41) is 12.4. The van der Waals surface area contributed by atoms with Gasteiger partial charge in [-0.25, -0.2) is 8.42 Å². The average molecular weight is 576 g/mol. The van der Waals surface area contributed by atoms with Crippen molar-refractivity contribution >= 4 is 21.9 Å². The fraction of sp³-hybridized carbons (Fsp3) is 0.296. The molecule has 0 spiro atoms. The highest BCUT2D eigenvalue weighted by molar-refractivity contribution is 7.89. The Morgan fingerprint density at radius 3 is 2.40 bits per heavy atom. The highest BCUT2D eigenvalue weighted by atomic mass is 32.2. The molecule has 0 aliphatic carbocycles. The average Bonchev–Trinajstić information content (AvgIpc) is 2.88. The number of rotatable bonds is 10. The number of halogens is 2. The van der Waals surface area contributed by atoms with E-state index in [4.69, 9.17) is 9.47 Å². The first-order chi connectivity index (χ1) is 18.9. The van der Waals surface area contributed by atoms with Crippen LogP contribution in [0, 0.1) is 5.21 Å². The predicted molar refractivity (Wildman–Crippen MR) is 137 cm³/mol. The molecule has 1 aliphatic heterocycles. The quantitative estimate of drug-likeness (QED) is 0.158. The largest absolute Gasteiger partial charge is 0.618 e. The van der Waals surface area contributed by atoms with E-state index in [2.05, 4.69) is 0 Å². The number of carbonyl (C=O) groups excluding carboxylic acids is 2. The van der Waals surface area contributed by atoms with Gasteiger partial charge in [-0.1, -0.05) is 42.5 Å². The SMILES string of the molecule is CN(C)C(=O)c1cccc(S(=O)(=O)N2CC[C@H]2C(=O)OC(Cc2cccc[n+]2[O-])(OC(F)F)c2ccccc2)c1. The molecule has 2 atom stereocenters. The van der Waals surface area contributed by atoms with Gasteiger partial charge in [0.2, 0.25) is 10.0 Å². The lowest BCUT2D eigenvalue weighted by molar-refractivity contribution is -0.616. The van der Waals surface area contributed by atoms with Crippen molar-refractivity contribution in [3.63, 3.8) is 0 Å². The number of hydrogen-bond donors (Lipinski definition) is 0. The molecular weight excluding hydrogens is 548 g/mol. The highest BCUT2D eigenvalue weighted by Crippen LogP contribution is 2.36. The first-order valence-electron chi connectivity index (χ1n) is 12.2. The Kier molecular flexibility index (Phi) is 8.47. The van der Waals surface area contributed by atoms with Gasteiger partial charge < -0.3 is 14.8 Å². The summed E-state index contributed by atoms with van der Waals surface area (Å²) < 4.78 is 66.2. The number of hydrogen-bond acceptors (Lipinski definition) is 7. The lowest BCUT2D eigenvalue weighted by Crippen LogP contribution is -2.57. The van der Waals surface area contributed by atoms with E-state index in [9.17, 15) is 32.0 Å². The molecule has 1 aromatic heterocycles. The minimum atomic E-state index is -4.27. The fourth-order valence-electron chi connectivity index (χ4n) is 4.31. The number of nitrogens with zero attached hydrogens (tertiary/aromatic N) is 3. The van der Waals surface area contributed by atoms with Crippen molar-refractivity contribution in [2.75, 3.05) is 20.6 Å². The Bertz CT molecular complexity index is 1490. The maximum absolute atomic E-state index is 13.8. The van der Waals surface area contributed by atoms with Gasteiger partial charge in [0.15, 0.2) is 11.9 Å². The third-order valence-electron chi connectivity index (χ3n) is 6.41. The van der Waals surface area contributed by atoms with Crippen molar-refractivity contribution in [1.29, 1.82) is 0 Å². The number of carbonyl (C=O) groups is 2. The van der Waals surface area contributed by atoms with E-state index < -0.39 is 46.8 Å². The van der Waals surface area contributed by atoms with Crippen molar-refractivity contribution in [1.82, 2.24) is 9.21 Å². The Morgan fingerprint density at radius 1 is 1.10 bits per heavy atom. The summed E-state index contributed by atoms with van der Waals surface area (Å²) >= 11 is 0. The number of amides is 1. The molecule has 1 saturated heterocycles. The Hall–Kier alpha value is -3.94. The summed E-state index contributed by atoms with van der Waals surface area (Å²) in [6.45, 7) is -3.45. The smallest absolute Gasteiger partial charge is 0.348 e. The first-order valence-corrected chi connectivity index (χ1v) is 13.6. The molecule has 0 N–H and O–H groups in total. The number of benzene rings is 2. The minimum absolute atomic E-state index is 0.0242. The molecule has 1 aliphatic rings. The van der Waals surface area contributed by atoms with Crippen LogP contribution >= 0.6 is 0 Å². The molecule has 212 valence electrons. The summed E-state index contributed by atoms with van der Waals surface area (Å²) in [4.78, 5) is 26.8. The Labute approximate surface area is 230 Å². The zero-order chi connectivity index (χ0) is 29.1. The molecule has 13 heteroatoms. The van der Waals surface area contributed by atoms with Gasteiger partial charge in [0.05, 0.1) is 4.90 Å². The van der Waals surface area contributed by atoms with Crippen molar-refractivity contribution in [2.24, 2.45) is 0 Å². The highest BCUT2D eigenvalue weighted by Gasteiger charge is 2.49. The van der Waals surface area contributed by atoms with E-state index >= 15 is 0 Å². The molecule has 4 rings (SSSR count). The number of pyridine rings is 1. The normalized spacial score (nSPS) is 17.1. The first kappa shape index (κ1) is 29.1. The number of ether oxygens (including phenoxy) is 2. The Balaban J connectivity index is 1.67. The van der Waals surface area contributed by atoms with Crippen LogP contribution in [0.1, 0.15) is 28.0 Å². The minimum Gasteiger partial charge on any atom is -0.618 e. The van der Waals surface area contributed by atoms with E-state index in [1.165, 1.54) is 85.7 Å². The molecule has 0 bridgehead atoms. The van der Waals surface area contributed by atoms with Crippen LogP contribution in [-0.4, -0.2) is 62.8 Å². The van der Waals surface area contributed by atoms with Gasteiger partial charge >= 0.3 is 12.6 Å². The second-order valence-corrected chi connectivity index (χ2v) is 11.2. The molecular formula is C27H27F2N3O7S. The molecule has 0 radical (unpaired) electrons. The predicted octanol–water partition coefficient (Wildman–Crippen LogP) is 2.66. The molecule has 10 nitrogen and oxygen atoms in total. The van der Waals surface area contributed by atoms with Crippen molar-refractivity contribution in [3.8, 4) is 0 Å². The summed E-state index contributed by atoms with van der Waals surface area (Å²) in [6.07, 6.45) is 0.636. The van der Waals surface area contributed by atoms with Crippen LogP contribution in [-0.2, 0) is 36.5 Å². The third-order valence-corrected chi connectivity index (χ3v) is 8.32. The van der Waals surface area contributed by atoms with Gasteiger partial charge in [-0.15, -0.1) is 0 Å². The molecule has 1 fully saturated rings.